The van der Waals surface area contributed by atoms with Crippen molar-refractivity contribution in [3.63, 3.8) is 0 Å². The molecule has 0 spiro atoms. The maximum atomic E-state index is 13.2. The van der Waals surface area contributed by atoms with E-state index in [1.54, 1.807) is 0 Å². The highest BCUT2D eigenvalue weighted by Crippen LogP contribution is 2.31. The minimum absolute atomic E-state index is 0.239. The normalized spacial score (nSPS) is 11.4. The summed E-state index contributed by atoms with van der Waals surface area (Å²) in [6.07, 6.45) is 1.90. The Balaban J connectivity index is 1.18. The van der Waals surface area contributed by atoms with Crippen molar-refractivity contribution in [1.29, 1.82) is 0 Å². The largest absolute Gasteiger partial charge is 0.457 e. The van der Waals surface area contributed by atoms with Gasteiger partial charge in [0.1, 0.15) is 18.3 Å². The van der Waals surface area contributed by atoms with E-state index in [0.29, 0.717) is 12.1 Å². The molecule has 0 saturated carbocycles. The van der Waals surface area contributed by atoms with Crippen molar-refractivity contribution in [1.82, 2.24) is 19.1 Å². The van der Waals surface area contributed by atoms with Gasteiger partial charge in [0.25, 0.3) is 0 Å². The van der Waals surface area contributed by atoms with Crippen molar-refractivity contribution < 1.29 is 9.53 Å². The Morgan fingerprint density at radius 2 is 1.49 bits per heavy atom. The predicted octanol–water partition coefficient (Wildman–Crippen LogP) is 9.23. The summed E-state index contributed by atoms with van der Waals surface area (Å²) < 4.78 is 10.2. The number of imidazole rings is 2. The number of para-hydroxylation sites is 2. The van der Waals surface area contributed by atoms with Gasteiger partial charge in [-0.05, 0) is 78.4 Å². The molecule has 0 unspecified atom stereocenters. The lowest BCUT2D eigenvalue weighted by Gasteiger charge is -2.13. The van der Waals surface area contributed by atoms with Crippen LogP contribution in [0.25, 0.3) is 44.6 Å². The van der Waals surface area contributed by atoms with Crippen molar-refractivity contribution in [2.45, 2.75) is 46.8 Å². The van der Waals surface area contributed by atoms with E-state index < -0.39 is 0 Å². The van der Waals surface area contributed by atoms with E-state index in [2.05, 4.69) is 84.6 Å². The van der Waals surface area contributed by atoms with Gasteiger partial charge in [-0.25, -0.2) is 14.8 Å². The summed E-state index contributed by atoms with van der Waals surface area (Å²) in [5, 5.41) is 0. The van der Waals surface area contributed by atoms with Crippen LogP contribution in [-0.2, 0) is 31.4 Å². The van der Waals surface area contributed by atoms with Gasteiger partial charge in [0.15, 0.2) is 0 Å². The maximum Gasteiger partial charge on any atom is 0.339 e. The van der Waals surface area contributed by atoms with E-state index in [0.717, 1.165) is 79.9 Å². The molecular weight excluding hydrogens is 580 g/mol. The van der Waals surface area contributed by atoms with E-state index in [4.69, 9.17) is 14.7 Å². The van der Waals surface area contributed by atoms with Gasteiger partial charge >= 0.3 is 5.97 Å². The topological polar surface area (TPSA) is 61.9 Å². The molecule has 47 heavy (non-hydrogen) atoms. The Morgan fingerprint density at radius 3 is 2.26 bits per heavy atom. The van der Waals surface area contributed by atoms with Gasteiger partial charge in [-0.3, -0.25) is 0 Å². The Morgan fingerprint density at radius 1 is 0.766 bits per heavy atom. The summed E-state index contributed by atoms with van der Waals surface area (Å²) in [6, 6.07) is 36.9. The van der Waals surface area contributed by atoms with Crippen molar-refractivity contribution in [2.24, 2.45) is 7.05 Å². The van der Waals surface area contributed by atoms with Crippen molar-refractivity contribution >= 4 is 28.0 Å². The third-order valence-electron chi connectivity index (χ3n) is 8.89. The van der Waals surface area contributed by atoms with Gasteiger partial charge in [0.2, 0.25) is 0 Å². The van der Waals surface area contributed by atoms with Gasteiger partial charge in [-0.2, -0.15) is 0 Å². The quantitative estimate of drug-likeness (QED) is 0.151. The van der Waals surface area contributed by atoms with Crippen LogP contribution < -0.4 is 0 Å². The summed E-state index contributed by atoms with van der Waals surface area (Å²) in [5.41, 5.74) is 12.2. The molecule has 0 bridgehead atoms. The molecule has 0 aliphatic carbocycles. The molecule has 5 aromatic carbocycles. The van der Waals surface area contributed by atoms with Crippen LogP contribution in [-0.4, -0.2) is 25.1 Å². The standard InChI is InChI=1S/C41H38N4O2/c1-5-10-38-43-39-28(3)23-32(40-42-35-13-8-9-14-36(35)44(40)4)24-37(39)45(38)25-29-19-21-31(22-20-29)33-11-6-7-12-34(33)41(46)47-26-30-17-15-27(2)16-18-30/h6-9,11-24H,5,10,25-26H2,1-4H3. The molecule has 0 saturated heterocycles. The molecule has 6 nitrogen and oxygen atoms in total. The third-order valence-corrected chi connectivity index (χ3v) is 8.89. The first-order chi connectivity index (χ1) is 22.9. The zero-order chi connectivity index (χ0) is 32.5. The van der Waals surface area contributed by atoms with Crippen LogP contribution >= 0.6 is 0 Å². The van der Waals surface area contributed by atoms with Gasteiger partial charge < -0.3 is 13.9 Å². The fourth-order valence-corrected chi connectivity index (χ4v) is 6.36. The first-order valence-electron chi connectivity index (χ1n) is 16.2. The van der Waals surface area contributed by atoms with Gasteiger partial charge in [-0.1, -0.05) is 91.3 Å². The fraction of sp³-hybridized carbons (Fsp3) is 0.195. The number of hydrogen-bond donors (Lipinski definition) is 0. The minimum Gasteiger partial charge on any atom is -0.457 e. The summed E-state index contributed by atoms with van der Waals surface area (Å²) >= 11 is 0. The number of fused-ring (bicyclic) bond motifs is 2. The molecule has 6 heteroatoms. The SMILES string of the molecule is CCCc1nc2c(C)cc(-c3nc4ccccc4n3C)cc2n1Cc1ccc(-c2ccccc2C(=O)OCc2ccc(C)cc2)cc1. The molecular formula is C41H38N4O2. The number of hydrogen-bond acceptors (Lipinski definition) is 4. The van der Waals surface area contributed by atoms with E-state index in [-0.39, 0.29) is 12.6 Å². The molecule has 7 aromatic rings. The summed E-state index contributed by atoms with van der Waals surface area (Å²) in [5.74, 6) is 1.70. The maximum absolute atomic E-state index is 13.2. The van der Waals surface area contributed by atoms with Crippen LogP contribution in [0.3, 0.4) is 0 Å². The predicted molar refractivity (Wildman–Crippen MR) is 189 cm³/mol. The lowest BCUT2D eigenvalue weighted by atomic mass is 9.98. The van der Waals surface area contributed by atoms with Gasteiger partial charge in [0, 0.05) is 25.6 Å². The number of rotatable bonds is 9. The fourth-order valence-electron chi connectivity index (χ4n) is 6.36. The van der Waals surface area contributed by atoms with Crippen LogP contribution in [0.2, 0.25) is 0 Å². The van der Waals surface area contributed by atoms with Crippen molar-refractivity contribution in [3.05, 3.63) is 143 Å². The van der Waals surface area contributed by atoms with Crippen LogP contribution in [0.15, 0.2) is 109 Å². The first-order valence-corrected chi connectivity index (χ1v) is 16.2. The second-order valence-electron chi connectivity index (χ2n) is 12.3. The highest BCUT2D eigenvalue weighted by Gasteiger charge is 2.18. The Labute approximate surface area is 275 Å². The molecule has 2 heterocycles. The number of aromatic nitrogens is 4. The van der Waals surface area contributed by atoms with Gasteiger partial charge in [-0.15, -0.1) is 0 Å². The van der Waals surface area contributed by atoms with E-state index >= 15 is 0 Å². The van der Waals surface area contributed by atoms with Gasteiger partial charge in [0.05, 0.1) is 27.6 Å². The van der Waals surface area contributed by atoms with Crippen LogP contribution in [0.1, 0.15) is 51.8 Å². The van der Waals surface area contributed by atoms with E-state index in [9.17, 15) is 4.79 Å². The molecule has 0 aliphatic rings. The highest BCUT2D eigenvalue weighted by molar-refractivity contribution is 5.97. The highest BCUT2D eigenvalue weighted by atomic mass is 16.5. The lowest BCUT2D eigenvalue weighted by molar-refractivity contribution is 0.0473. The smallest absolute Gasteiger partial charge is 0.339 e. The summed E-state index contributed by atoms with van der Waals surface area (Å²) in [7, 11) is 2.08. The van der Waals surface area contributed by atoms with Crippen LogP contribution in [0.4, 0.5) is 0 Å². The Kier molecular flexibility index (Phi) is 8.17. The average molecular weight is 619 g/mol. The number of esters is 1. The molecule has 0 amide bonds. The van der Waals surface area contributed by atoms with Crippen molar-refractivity contribution in [2.75, 3.05) is 0 Å². The number of nitrogens with zero attached hydrogens (tertiary/aromatic N) is 4. The molecule has 7 rings (SSSR count). The monoisotopic (exact) mass is 618 g/mol. The van der Waals surface area contributed by atoms with Crippen LogP contribution in [0, 0.1) is 13.8 Å². The molecule has 0 fully saturated rings. The zero-order valence-corrected chi connectivity index (χ0v) is 27.3. The van der Waals surface area contributed by atoms with E-state index in [1.165, 1.54) is 5.56 Å². The second-order valence-corrected chi connectivity index (χ2v) is 12.3. The average Bonchev–Trinajstić information content (AvgIpc) is 3.62. The Hall–Kier alpha value is -5.49. The number of carbonyl (C=O) groups is 1. The minimum atomic E-state index is -0.328. The second kappa shape index (κ2) is 12.7. The third kappa shape index (κ3) is 5.95. The number of carbonyl (C=O) groups excluding carboxylic acids is 1. The number of aryl methyl sites for hydroxylation is 4. The first kappa shape index (κ1) is 30.2. The number of ether oxygens (including phenoxy) is 1. The molecule has 0 aliphatic heterocycles. The molecule has 0 radical (unpaired) electrons. The van der Waals surface area contributed by atoms with E-state index in [1.807, 2.05) is 61.5 Å². The lowest BCUT2D eigenvalue weighted by Crippen LogP contribution is -2.07. The Bertz CT molecular complexity index is 2220. The summed E-state index contributed by atoms with van der Waals surface area (Å²) in [6.45, 7) is 7.31. The number of benzene rings is 5. The molecule has 2 aromatic heterocycles. The molecule has 234 valence electrons. The van der Waals surface area contributed by atoms with Crippen LogP contribution in [0.5, 0.6) is 0 Å². The molecule has 0 atom stereocenters. The zero-order valence-electron chi connectivity index (χ0n) is 27.3. The summed E-state index contributed by atoms with van der Waals surface area (Å²) in [4.78, 5) is 23.3. The molecule has 0 N–H and O–H groups in total. The van der Waals surface area contributed by atoms with Crippen molar-refractivity contribution in [3.8, 4) is 22.5 Å².